The van der Waals surface area contributed by atoms with Crippen molar-refractivity contribution in [1.82, 2.24) is 0 Å². The van der Waals surface area contributed by atoms with Gasteiger partial charge in [0.2, 0.25) is 11.7 Å². The Hall–Kier alpha value is -0.760. The number of ketones is 1. The summed E-state index contributed by atoms with van der Waals surface area (Å²) in [5.74, 6) is -3.83. The SMILES string of the molecule is CC(=O)C(=O)OC(=O)[C@@H](N)CCC(N)=O.[NaH]. The Morgan fingerprint density at radius 1 is 1.25 bits per heavy atom. The Morgan fingerprint density at radius 3 is 2.12 bits per heavy atom. The van der Waals surface area contributed by atoms with Gasteiger partial charge in [0.25, 0.3) is 0 Å². The molecule has 0 rings (SSSR count). The molecule has 86 valence electrons. The van der Waals surface area contributed by atoms with Crippen LogP contribution >= 0.6 is 0 Å². The van der Waals surface area contributed by atoms with Crippen molar-refractivity contribution < 1.29 is 23.9 Å². The van der Waals surface area contributed by atoms with Crippen LogP contribution in [0, 0.1) is 0 Å². The van der Waals surface area contributed by atoms with Crippen molar-refractivity contribution in [2.24, 2.45) is 11.5 Å². The first-order valence-electron chi connectivity index (χ1n) is 4.15. The standard InChI is InChI=1S/C8H12N2O5.Na.H/c1-4(11)7(13)15-8(14)5(9)2-3-6(10)12;;/h5H,2-3,9H2,1H3,(H2,10,12);;/t5-;;/m0../s1. The van der Waals surface area contributed by atoms with Crippen molar-refractivity contribution in [2.45, 2.75) is 25.8 Å². The number of primary amides is 1. The van der Waals surface area contributed by atoms with Gasteiger partial charge in [0.05, 0.1) is 0 Å². The van der Waals surface area contributed by atoms with E-state index in [1.54, 1.807) is 0 Å². The molecular formula is C8H13N2NaO5. The first kappa shape index (κ1) is 17.6. The van der Waals surface area contributed by atoms with Gasteiger partial charge in [0.1, 0.15) is 6.04 Å². The third-order valence-electron chi connectivity index (χ3n) is 1.49. The predicted molar refractivity (Wildman–Crippen MR) is 55.3 cm³/mol. The van der Waals surface area contributed by atoms with Gasteiger partial charge in [-0.2, -0.15) is 0 Å². The van der Waals surface area contributed by atoms with Crippen LogP contribution in [0.2, 0.25) is 0 Å². The topological polar surface area (TPSA) is 130 Å². The second kappa shape index (κ2) is 8.40. The fourth-order valence-corrected chi connectivity index (χ4v) is 0.655. The van der Waals surface area contributed by atoms with Crippen LogP contribution in [0.25, 0.3) is 0 Å². The van der Waals surface area contributed by atoms with E-state index >= 15 is 0 Å². The number of esters is 2. The van der Waals surface area contributed by atoms with Crippen LogP contribution in [0.4, 0.5) is 0 Å². The molecule has 1 amide bonds. The zero-order valence-electron chi connectivity index (χ0n) is 8.19. The molecule has 4 N–H and O–H groups in total. The second-order valence-electron chi connectivity index (χ2n) is 2.88. The number of hydrogen-bond donors (Lipinski definition) is 2. The predicted octanol–water partition coefficient (Wildman–Crippen LogP) is -2.41. The average molecular weight is 240 g/mol. The Balaban J connectivity index is 0. The van der Waals surface area contributed by atoms with Gasteiger partial charge in [-0.25, -0.2) is 9.59 Å². The van der Waals surface area contributed by atoms with Gasteiger partial charge in [-0.3, -0.25) is 9.59 Å². The number of amides is 1. The van der Waals surface area contributed by atoms with Crippen LogP contribution < -0.4 is 11.5 Å². The Labute approximate surface area is 114 Å². The fraction of sp³-hybridized carbons (Fsp3) is 0.500. The number of nitrogens with two attached hydrogens (primary N) is 2. The summed E-state index contributed by atoms with van der Waals surface area (Å²) in [5.41, 5.74) is 10.1. The summed E-state index contributed by atoms with van der Waals surface area (Å²) in [7, 11) is 0. The molecule has 0 spiro atoms. The Morgan fingerprint density at radius 2 is 1.75 bits per heavy atom. The van der Waals surface area contributed by atoms with E-state index < -0.39 is 29.7 Å². The van der Waals surface area contributed by atoms with Gasteiger partial charge < -0.3 is 16.2 Å². The molecule has 0 aromatic rings. The molecule has 0 aliphatic heterocycles. The molecule has 0 bridgehead atoms. The van der Waals surface area contributed by atoms with Crippen LogP contribution in [-0.2, 0) is 23.9 Å². The molecule has 16 heavy (non-hydrogen) atoms. The second-order valence-corrected chi connectivity index (χ2v) is 2.88. The van der Waals surface area contributed by atoms with Gasteiger partial charge >= 0.3 is 41.5 Å². The molecule has 0 aliphatic rings. The van der Waals surface area contributed by atoms with Gasteiger partial charge in [-0.15, -0.1) is 0 Å². The summed E-state index contributed by atoms with van der Waals surface area (Å²) in [4.78, 5) is 42.4. The fourth-order valence-electron chi connectivity index (χ4n) is 0.655. The van der Waals surface area contributed by atoms with E-state index in [4.69, 9.17) is 11.5 Å². The van der Waals surface area contributed by atoms with Crippen LogP contribution in [0.3, 0.4) is 0 Å². The number of carbonyl (C=O) groups is 4. The monoisotopic (exact) mass is 240 g/mol. The van der Waals surface area contributed by atoms with E-state index in [0.29, 0.717) is 0 Å². The minimum atomic E-state index is -1.27. The zero-order valence-corrected chi connectivity index (χ0v) is 8.19. The van der Waals surface area contributed by atoms with Gasteiger partial charge in [0, 0.05) is 13.3 Å². The molecule has 0 heterocycles. The van der Waals surface area contributed by atoms with E-state index in [0.717, 1.165) is 6.92 Å². The molecule has 8 heteroatoms. The van der Waals surface area contributed by atoms with Crippen molar-refractivity contribution >= 4 is 53.2 Å². The molecule has 7 nitrogen and oxygen atoms in total. The summed E-state index contributed by atoms with van der Waals surface area (Å²) in [6.45, 7) is 0.963. The molecule has 0 saturated carbocycles. The molecule has 0 fully saturated rings. The minimum absolute atomic E-state index is 0. The van der Waals surface area contributed by atoms with Crippen LogP contribution in [0.1, 0.15) is 19.8 Å². The van der Waals surface area contributed by atoms with E-state index in [-0.39, 0.29) is 42.4 Å². The molecular weight excluding hydrogens is 227 g/mol. The average Bonchev–Trinajstić information content (AvgIpc) is 2.13. The first-order chi connectivity index (χ1) is 6.84. The molecule has 0 aromatic carbocycles. The normalized spacial score (nSPS) is 10.9. The maximum absolute atomic E-state index is 11.0. The summed E-state index contributed by atoms with van der Waals surface area (Å²) >= 11 is 0. The van der Waals surface area contributed by atoms with Crippen LogP contribution in [0.5, 0.6) is 0 Å². The van der Waals surface area contributed by atoms with Gasteiger partial charge in [-0.1, -0.05) is 0 Å². The van der Waals surface area contributed by atoms with Crippen molar-refractivity contribution in [1.29, 1.82) is 0 Å². The summed E-state index contributed by atoms with van der Waals surface area (Å²) in [6, 6.07) is -1.14. The van der Waals surface area contributed by atoms with Crippen molar-refractivity contribution in [3.63, 3.8) is 0 Å². The van der Waals surface area contributed by atoms with Gasteiger partial charge in [-0.05, 0) is 6.42 Å². The number of carbonyl (C=O) groups excluding carboxylic acids is 4. The summed E-state index contributed by atoms with van der Waals surface area (Å²) < 4.78 is 4.10. The van der Waals surface area contributed by atoms with E-state index in [9.17, 15) is 19.2 Å². The van der Waals surface area contributed by atoms with Crippen molar-refractivity contribution in [3.8, 4) is 0 Å². The molecule has 0 aliphatic carbocycles. The number of hydrogen-bond acceptors (Lipinski definition) is 6. The number of Topliss-reactive ketones (excluding diaryl/α,β-unsaturated/α-hetero) is 1. The summed E-state index contributed by atoms with van der Waals surface area (Å²) in [6.07, 6.45) is -0.121. The van der Waals surface area contributed by atoms with Crippen LogP contribution in [0.15, 0.2) is 0 Å². The molecule has 0 radical (unpaired) electrons. The third kappa shape index (κ3) is 7.52. The number of rotatable bonds is 5. The molecule has 0 aromatic heterocycles. The molecule has 0 unspecified atom stereocenters. The van der Waals surface area contributed by atoms with Crippen molar-refractivity contribution in [2.75, 3.05) is 0 Å². The van der Waals surface area contributed by atoms with E-state index in [2.05, 4.69) is 4.74 Å². The van der Waals surface area contributed by atoms with Gasteiger partial charge in [0.15, 0.2) is 0 Å². The molecule has 1 atom stereocenters. The van der Waals surface area contributed by atoms with Crippen LogP contribution in [-0.4, -0.2) is 59.2 Å². The Kier molecular flexibility index (Phi) is 9.25. The quantitative estimate of drug-likeness (QED) is 0.238. The van der Waals surface area contributed by atoms with E-state index in [1.807, 2.05) is 0 Å². The number of ether oxygens (including phenoxy) is 1. The Bertz CT molecular complexity index is 305. The zero-order chi connectivity index (χ0) is 12.0. The molecule has 0 saturated heterocycles. The first-order valence-corrected chi connectivity index (χ1v) is 4.15. The third-order valence-corrected chi connectivity index (χ3v) is 1.49. The van der Waals surface area contributed by atoms with Crippen molar-refractivity contribution in [3.05, 3.63) is 0 Å². The van der Waals surface area contributed by atoms with E-state index in [1.165, 1.54) is 0 Å². The maximum atomic E-state index is 11.0. The summed E-state index contributed by atoms with van der Waals surface area (Å²) in [5, 5.41) is 0.